The lowest BCUT2D eigenvalue weighted by atomic mass is 10.0. The van der Waals surface area contributed by atoms with E-state index in [0.29, 0.717) is 12.8 Å². The van der Waals surface area contributed by atoms with E-state index in [4.69, 9.17) is 0 Å². The van der Waals surface area contributed by atoms with Crippen molar-refractivity contribution < 1.29 is 31.1 Å². The number of carbonyl (C=O) groups is 2. The fourth-order valence-corrected chi connectivity index (χ4v) is 11.7. The molecular formula is C72H140BrNO2. The minimum Gasteiger partial charge on any atom is -1.00 e. The fraction of sp³-hybridized carbons (Fsp3) is 0.917. The van der Waals surface area contributed by atoms with Crippen molar-refractivity contribution in [2.24, 2.45) is 0 Å². The zero-order valence-corrected chi connectivity index (χ0v) is 54.4. The third-order valence-corrected chi connectivity index (χ3v) is 17.0. The Balaban J connectivity index is 0. The van der Waals surface area contributed by atoms with E-state index in [2.05, 4.69) is 52.0 Å². The first-order valence-electron chi connectivity index (χ1n) is 35.3. The van der Waals surface area contributed by atoms with Crippen LogP contribution in [0.3, 0.4) is 0 Å². The first-order chi connectivity index (χ1) is 37.1. The van der Waals surface area contributed by atoms with Crippen LogP contribution in [0.15, 0.2) is 24.3 Å². The number of halogens is 1. The predicted octanol–water partition coefficient (Wildman–Crippen LogP) is 22.5. The number of carbonyl (C=O) groups excluding carboxylic acids is 2. The van der Waals surface area contributed by atoms with E-state index in [1.165, 1.54) is 334 Å². The predicted molar refractivity (Wildman–Crippen MR) is 338 cm³/mol. The van der Waals surface area contributed by atoms with Gasteiger partial charge in [-0.05, 0) is 89.9 Å². The Hall–Kier alpha value is -0.740. The van der Waals surface area contributed by atoms with Crippen molar-refractivity contribution in [2.75, 3.05) is 13.1 Å². The number of hydrogen-bond acceptors (Lipinski definition) is 2. The van der Waals surface area contributed by atoms with Crippen LogP contribution in [0.5, 0.6) is 0 Å². The molecule has 0 aliphatic carbocycles. The third kappa shape index (κ3) is 55.2. The van der Waals surface area contributed by atoms with Crippen LogP contribution >= 0.6 is 0 Å². The minimum atomic E-state index is 0. The van der Waals surface area contributed by atoms with Gasteiger partial charge < -0.3 is 17.0 Å². The summed E-state index contributed by atoms with van der Waals surface area (Å²) >= 11 is 0. The van der Waals surface area contributed by atoms with Crippen LogP contribution < -0.4 is 17.0 Å². The second-order valence-electron chi connectivity index (χ2n) is 24.5. The Morgan fingerprint density at radius 1 is 0.224 bits per heavy atom. The maximum atomic E-state index is 14.7. The smallest absolute Gasteiger partial charge is 0.321 e. The molecule has 0 radical (unpaired) electrons. The average molecular weight is 1130 g/mol. The van der Waals surface area contributed by atoms with Crippen molar-refractivity contribution in [1.82, 2.24) is 0 Å². The van der Waals surface area contributed by atoms with Crippen LogP contribution in [-0.4, -0.2) is 29.4 Å². The molecule has 0 saturated carbocycles. The van der Waals surface area contributed by atoms with Gasteiger partial charge in [0.25, 0.3) is 0 Å². The van der Waals surface area contributed by atoms with Gasteiger partial charge in [0, 0.05) is 0 Å². The van der Waals surface area contributed by atoms with Gasteiger partial charge in [-0.3, -0.25) is 0 Å². The molecule has 0 aliphatic heterocycles. The van der Waals surface area contributed by atoms with E-state index >= 15 is 0 Å². The number of nitrogens with zero attached hydrogens (tertiary/aromatic N) is 1. The van der Waals surface area contributed by atoms with E-state index in [-0.39, 0.29) is 33.3 Å². The molecule has 0 atom stereocenters. The first-order valence-corrected chi connectivity index (χ1v) is 35.3. The Kier molecular flexibility index (Phi) is 67.9. The maximum absolute atomic E-state index is 14.7. The van der Waals surface area contributed by atoms with E-state index < -0.39 is 0 Å². The zero-order valence-electron chi connectivity index (χ0n) is 52.8. The molecule has 0 N–H and O–H groups in total. The number of unbranched alkanes of at least 4 members (excludes halogenated alkanes) is 52. The van der Waals surface area contributed by atoms with Crippen LogP contribution in [0, 0.1) is 0 Å². The van der Waals surface area contributed by atoms with Crippen LogP contribution in [0.25, 0.3) is 0 Å². The molecule has 2 amide bonds. The summed E-state index contributed by atoms with van der Waals surface area (Å²) in [6, 6.07) is 0. The largest absolute Gasteiger partial charge is 1.00 e. The number of quaternary nitrogens is 1. The van der Waals surface area contributed by atoms with Gasteiger partial charge in [0.1, 0.15) is 0 Å². The summed E-state index contributed by atoms with van der Waals surface area (Å²) in [6.45, 7) is 10.7. The zero-order chi connectivity index (χ0) is 54.3. The second-order valence-corrected chi connectivity index (χ2v) is 24.5. The van der Waals surface area contributed by atoms with Crippen LogP contribution in [0.2, 0.25) is 0 Å². The number of amides is 2. The van der Waals surface area contributed by atoms with E-state index in [1.807, 2.05) is 0 Å². The summed E-state index contributed by atoms with van der Waals surface area (Å²) in [5.74, 6) is 0.541. The number of imide groups is 1. The topological polar surface area (TPSA) is 34.1 Å². The van der Waals surface area contributed by atoms with Gasteiger partial charge in [-0.2, -0.15) is 4.48 Å². The lowest BCUT2D eigenvalue weighted by Gasteiger charge is -2.34. The monoisotopic (exact) mass is 1130 g/mol. The summed E-state index contributed by atoms with van der Waals surface area (Å²) in [6.07, 6.45) is 87.0. The van der Waals surface area contributed by atoms with Gasteiger partial charge in [-0.25, -0.2) is 9.59 Å². The van der Waals surface area contributed by atoms with E-state index in [9.17, 15) is 9.59 Å². The Morgan fingerprint density at radius 2 is 0.382 bits per heavy atom. The van der Waals surface area contributed by atoms with Crippen molar-refractivity contribution in [3.63, 3.8) is 0 Å². The molecule has 0 unspecified atom stereocenters. The summed E-state index contributed by atoms with van der Waals surface area (Å²) in [4.78, 5) is 29.4. The number of rotatable bonds is 64. The summed E-state index contributed by atoms with van der Waals surface area (Å²) in [5.41, 5.74) is 0. The molecule has 76 heavy (non-hydrogen) atoms. The second kappa shape index (κ2) is 66.8. The molecule has 4 heteroatoms. The highest BCUT2D eigenvalue weighted by atomic mass is 79.9. The van der Waals surface area contributed by atoms with Crippen LogP contribution in [-0.2, 0) is 9.59 Å². The molecule has 0 aromatic rings. The van der Waals surface area contributed by atoms with Crippen molar-refractivity contribution in [3.8, 4) is 0 Å². The third-order valence-electron chi connectivity index (χ3n) is 17.0. The van der Waals surface area contributed by atoms with Crippen LogP contribution in [0.1, 0.15) is 413 Å². The molecule has 0 aliphatic rings. The Bertz CT molecular complexity index is 1090. The number of allylic oxidation sites excluding steroid dienone is 4. The molecule has 0 rings (SSSR count). The summed E-state index contributed by atoms with van der Waals surface area (Å²) in [5, 5.41) is 0. The first kappa shape index (κ1) is 77.3. The normalized spacial score (nSPS) is 11.9. The van der Waals surface area contributed by atoms with Gasteiger partial charge in [-0.1, -0.05) is 335 Å². The lowest BCUT2D eigenvalue weighted by Crippen LogP contribution is -3.00. The summed E-state index contributed by atoms with van der Waals surface area (Å²) in [7, 11) is 0. The Morgan fingerprint density at radius 3 is 0.579 bits per heavy atom. The average Bonchev–Trinajstić information content (AvgIpc) is 3.42. The highest BCUT2D eigenvalue weighted by Gasteiger charge is 2.42. The van der Waals surface area contributed by atoms with Gasteiger partial charge in [0.2, 0.25) is 0 Å². The van der Waals surface area contributed by atoms with Crippen molar-refractivity contribution in [1.29, 1.82) is 0 Å². The molecular weight excluding hydrogens is 991 g/mol. The van der Waals surface area contributed by atoms with Crippen LogP contribution in [0.4, 0.5) is 0 Å². The molecule has 0 heterocycles. The fourth-order valence-electron chi connectivity index (χ4n) is 11.7. The lowest BCUT2D eigenvalue weighted by molar-refractivity contribution is -0.780. The SMILES string of the molecule is CCCCCCCC/C=C\CCCCCCCC(=O)[N+](CCCCCCCCCCCCCCCCCC)(CCCCCCCCCCCCCCCCCC)C(=O)CCCCCCC/C=C\CCCCCCCC.[Br-]. The maximum Gasteiger partial charge on any atom is 0.321 e. The van der Waals surface area contributed by atoms with Gasteiger partial charge in [0.15, 0.2) is 0 Å². The highest BCUT2D eigenvalue weighted by molar-refractivity contribution is 5.84. The quantitative estimate of drug-likeness (QED) is 0.0346. The Labute approximate surface area is 490 Å². The van der Waals surface area contributed by atoms with Crippen molar-refractivity contribution in [3.05, 3.63) is 24.3 Å². The molecule has 0 aromatic carbocycles. The van der Waals surface area contributed by atoms with Crippen molar-refractivity contribution in [2.45, 2.75) is 413 Å². The van der Waals surface area contributed by atoms with Gasteiger partial charge >= 0.3 is 11.8 Å². The molecule has 0 spiro atoms. The van der Waals surface area contributed by atoms with Gasteiger partial charge in [-0.15, -0.1) is 0 Å². The minimum absolute atomic E-state index is 0. The molecule has 452 valence electrons. The summed E-state index contributed by atoms with van der Waals surface area (Å²) < 4.78 is 0.171. The molecule has 0 aromatic heterocycles. The van der Waals surface area contributed by atoms with E-state index in [0.717, 1.165) is 51.6 Å². The molecule has 0 bridgehead atoms. The molecule has 3 nitrogen and oxygen atoms in total. The van der Waals surface area contributed by atoms with E-state index in [1.54, 1.807) is 0 Å². The molecule has 0 saturated heterocycles. The highest BCUT2D eigenvalue weighted by Crippen LogP contribution is 2.24. The standard InChI is InChI=1S/C72H140NO2.BrH/c1-5-9-13-17-21-25-29-33-37-41-45-49-53-57-61-65-69-73(70-66-62-58-54-50-46-42-38-34-30-26-22-18-14-10-6-2,71(74)67-63-59-55-51-47-43-39-35-31-27-23-19-15-11-7-3)72(75)68-64-60-56-52-48-44-40-36-32-28-24-20-16-12-8-4;/h35-36,39-40H,5-34,37-38,41-70H2,1-4H3;1H/q+1;/p-1/b39-35-,40-36-;. The molecule has 0 fully saturated rings. The number of hydrogen-bond donors (Lipinski definition) is 0. The van der Waals surface area contributed by atoms with Crippen molar-refractivity contribution >= 4 is 11.8 Å². The van der Waals surface area contributed by atoms with Gasteiger partial charge in [0.05, 0.1) is 25.9 Å².